The smallest absolute Gasteiger partial charge is 0.242 e. The molecule has 1 aliphatic rings. The molecule has 1 heterocycles. The SMILES string of the molecule is CN(C)c1nc(NC[C@H]2CC[C@H](CNS(=O)(=O)c3cc(Cl)c(Cl)cc3Cl)CC2)nc2ccccc12. The lowest BCUT2D eigenvalue weighted by Gasteiger charge is -2.29. The van der Waals surface area contributed by atoms with Gasteiger partial charge in [0.05, 0.1) is 20.6 Å². The van der Waals surface area contributed by atoms with Crippen LogP contribution in [-0.2, 0) is 10.0 Å². The summed E-state index contributed by atoms with van der Waals surface area (Å²) in [6.45, 7) is 1.14. The third kappa shape index (κ3) is 6.30. The van der Waals surface area contributed by atoms with Gasteiger partial charge in [0, 0.05) is 32.6 Å². The lowest BCUT2D eigenvalue weighted by atomic mass is 9.82. The number of hydrogen-bond acceptors (Lipinski definition) is 6. The van der Waals surface area contributed by atoms with Crippen molar-refractivity contribution in [1.82, 2.24) is 14.7 Å². The van der Waals surface area contributed by atoms with Crippen LogP contribution in [0.15, 0.2) is 41.3 Å². The molecule has 35 heavy (non-hydrogen) atoms. The fourth-order valence-corrected chi connectivity index (χ4v) is 6.49. The van der Waals surface area contributed by atoms with Gasteiger partial charge in [0.1, 0.15) is 10.7 Å². The van der Waals surface area contributed by atoms with E-state index in [0.29, 0.717) is 18.4 Å². The Morgan fingerprint density at radius 1 is 0.914 bits per heavy atom. The number of fused-ring (bicyclic) bond motifs is 1. The maximum absolute atomic E-state index is 12.7. The molecule has 0 amide bonds. The minimum atomic E-state index is -3.78. The highest BCUT2D eigenvalue weighted by Gasteiger charge is 2.25. The largest absolute Gasteiger partial charge is 0.362 e. The molecular formula is C24H28Cl3N5O2S. The Balaban J connectivity index is 1.30. The molecule has 0 atom stereocenters. The number of nitrogens with zero attached hydrogens (tertiary/aromatic N) is 3. The van der Waals surface area contributed by atoms with Crippen LogP contribution in [-0.4, -0.2) is 45.6 Å². The molecule has 0 radical (unpaired) electrons. The maximum Gasteiger partial charge on any atom is 0.242 e. The second-order valence-electron chi connectivity index (χ2n) is 9.10. The summed E-state index contributed by atoms with van der Waals surface area (Å²) in [6.07, 6.45) is 3.87. The fraction of sp³-hybridized carbons (Fsp3) is 0.417. The molecule has 11 heteroatoms. The van der Waals surface area contributed by atoms with Gasteiger partial charge in [0.15, 0.2) is 0 Å². The van der Waals surface area contributed by atoms with Crippen LogP contribution in [0.1, 0.15) is 25.7 Å². The Morgan fingerprint density at radius 3 is 2.23 bits per heavy atom. The first-order valence-corrected chi connectivity index (χ1v) is 14.1. The highest BCUT2D eigenvalue weighted by Crippen LogP contribution is 2.33. The molecular weight excluding hydrogens is 529 g/mol. The zero-order chi connectivity index (χ0) is 25.2. The number of rotatable bonds is 8. The zero-order valence-electron chi connectivity index (χ0n) is 19.6. The number of nitrogens with one attached hydrogen (secondary N) is 2. The molecule has 0 saturated heterocycles. The van der Waals surface area contributed by atoms with Gasteiger partial charge in [-0.2, -0.15) is 4.98 Å². The Morgan fingerprint density at radius 2 is 1.54 bits per heavy atom. The van der Waals surface area contributed by atoms with Gasteiger partial charge in [-0.15, -0.1) is 0 Å². The monoisotopic (exact) mass is 555 g/mol. The molecule has 1 aliphatic carbocycles. The molecule has 2 aromatic carbocycles. The van der Waals surface area contributed by atoms with Crippen LogP contribution >= 0.6 is 34.8 Å². The van der Waals surface area contributed by atoms with Gasteiger partial charge >= 0.3 is 0 Å². The number of hydrogen-bond donors (Lipinski definition) is 2. The van der Waals surface area contributed by atoms with Crippen molar-refractivity contribution in [3.05, 3.63) is 51.5 Å². The third-order valence-corrected chi connectivity index (χ3v) is 8.96. The van der Waals surface area contributed by atoms with Crippen molar-refractivity contribution in [2.75, 3.05) is 37.4 Å². The summed E-state index contributed by atoms with van der Waals surface area (Å²) in [7, 11) is 0.175. The number of anilines is 2. The Hall–Kier alpha value is -1.84. The number of aromatic nitrogens is 2. The first-order valence-electron chi connectivity index (χ1n) is 11.5. The predicted molar refractivity (Wildman–Crippen MR) is 144 cm³/mol. The zero-order valence-corrected chi connectivity index (χ0v) is 22.6. The number of benzene rings is 2. The van der Waals surface area contributed by atoms with Crippen LogP contribution in [0.4, 0.5) is 11.8 Å². The highest BCUT2D eigenvalue weighted by molar-refractivity contribution is 7.89. The van der Waals surface area contributed by atoms with Gasteiger partial charge in [-0.05, 0) is 61.8 Å². The van der Waals surface area contributed by atoms with E-state index in [2.05, 4.69) is 15.0 Å². The molecule has 0 bridgehead atoms. The van der Waals surface area contributed by atoms with E-state index in [1.54, 1.807) is 0 Å². The standard InChI is InChI=1S/C24H28Cl3N5O2S/c1-32(2)23-17-5-3-4-6-21(17)30-24(31-23)28-13-15-7-9-16(10-8-15)14-29-35(33,34)22-12-19(26)18(25)11-20(22)27/h3-6,11-12,15-16,29H,7-10,13-14H2,1-2H3,(H,28,30,31)/t15-,16-. The molecule has 0 aliphatic heterocycles. The van der Waals surface area contributed by atoms with Crippen LogP contribution in [0.3, 0.4) is 0 Å². The lowest BCUT2D eigenvalue weighted by molar-refractivity contribution is 0.284. The van der Waals surface area contributed by atoms with Gasteiger partial charge < -0.3 is 10.2 Å². The van der Waals surface area contributed by atoms with E-state index in [-0.39, 0.29) is 25.9 Å². The van der Waals surface area contributed by atoms with Gasteiger partial charge in [-0.3, -0.25) is 0 Å². The molecule has 1 fully saturated rings. The molecule has 188 valence electrons. The van der Waals surface area contributed by atoms with E-state index < -0.39 is 10.0 Å². The van der Waals surface area contributed by atoms with Crippen molar-refractivity contribution >= 4 is 67.5 Å². The molecule has 7 nitrogen and oxygen atoms in total. The molecule has 1 aromatic heterocycles. The minimum absolute atomic E-state index is 0.0509. The third-order valence-electron chi connectivity index (χ3n) is 6.35. The predicted octanol–water partition coefficient (Wildman–Crippen LogP) is 5.85. The van der Waals surface area contributed by atoms with E-state index >= 15 is 0 Å². The van der Waals surface area contributed by atoms with Crippen molar-refractivity contribution in [3.8, 4) is 0 Å². The van der Waals surface area contributed by atoms with E-state index in [1.807, 2.05) is 43.3 Å². The van der Waals surface area contributed by atoms with Crippen LogP contribution < -0.4 is 14.9 Å². The molecule has 0 unspecified atom stereocenters. The first-order chi connectivity index (χ1) is 16.6. The van der Waals surface area contributed by atoms with E-state index in [4.69, 9.17) is 39.8 Å². The number of halogens is 3. The van der Waals surface area contributed by atoms with Crippen molar-refractivity contribution in [1.29, 1.82) is 0 Å². The van der Waals surface area contributed by atoms with Gasteiger partial charge in [-0.25, -0.2) is 18.1 Å². The van der Waals surface area contributed by atoms with Crippen LogP contribution in [0, 0.1) is 11.8 Å². The summed E-state index contributed by atoms with van der Waals surface area (Å²) >= 11 is 18.0. The topological polar surface area (TPSA) is 87.2 Å². The summed E-state index contributed by atoms with van der Waals surface area (Å²) in [5.74, 6) is 2.25. The van der Waals surface area contributed by atoms with Gasteiger partial charge in [0.2, 0.25) is 16.0 Å². The van der Waals surface area contributed by atoms with Crippen molar-refractivity contribution in [3.63, 3.8) is 0 Å². The van der Waals surface area contributed by atoms with Crippen LogP contribution in [0.2, 0.25) is 15.1 Å². The minimum Gasteiger partial charge on any atom is -0.362 e. The average Bonchev–Trinajstić information content (AvgIpc) is 2.83. The fourth-order valence-electron chi connectivity index (χ4n) is 4.37. The summed E-state index contributed by atoms with van der Waals surface area (Å²) < 4.78 is 28.1. The molecule has 2 N–H and O–H groups in total. The average molecular weight is 557 g/mol. The van der Waals surface area contributed by atoms with E-state index in [0.717, 1.165) is 48.9 Å². The molecule has 3 aromatic rings. The summed E-state index contributed by atoms with van der Waals surface area (Å²) in [5, 5.41) is 4.85. The summed E-state index contributed by atoms with van der Waals surface area (Å²) in [4.78, 5) is 11.3. The van der Waals surface area contributed by atoms with E-state index in [1.165, 1.54) is 12.1 Å². The maximum atomic E-state index is 12.7. The van der Waals surface area contributed by atoms with Crippen molar-refractivity contribution in [2.24, 2.45) is 11.8 Å². The molecule has 0 spiro atoms. The Bertz CT molecular complexity index is 1310. The van der Waals surface area contributed by atoms with Crippen LogP contribution in [0.25, 0.3) is 10.9 Å². The number of sulfonamides is 1. The second-order valence-corrected chi connectivity index (χ2v) is 12.1. The van der Waals surface area contributed by atoms with Crippen LogP contribution in [0.5, 0.6) is 0 Å². The van der Waals surface area contributed by atoms with Gasteiger partial charge in [0.25, 0.3) is 0 Å². The Labute approximate surface area is 221 Å². The normalized spacial score (nSPS) is 18.5. The van der Waals surface area contributed by atoms with Gasteiger partial charge in [-0.1, -0.05) is 46.9 Å². The summed E-state index contributed by atoms with van der Waals surface area (Å²) in [6, 6.07) is 10.6. The highest BCUT2D eigenvalue weighted by atomic mass is 35.5. The first kappa shape index (κ1) is 26.2. The second kappa shape index (κ2) is 11.0. The lowest BCUT2D eigenvalue weighted by Crippen LogP contribution is -2.32. The molecule has 4 rings (SSSR count). The van der Waals surface area contributed by atoms with Crippen molar-refractivity contribution in [2.45, 2.75) is 30.6 Å². The molecule has 1 saturated carbocycles. The van der Waals surface area contributed by atoms with Crippen molar-refractivity contribution < 1.29 is 8.42 Å². The summed E-state index contributed by atoms with van der Waals surface area (Å²) in [5.41, 5.74) is 0.909. The quantitative estimate of drug-likeness (QED) is 0.338. The number of para-hydroxylation sites is 1. The van der Waals surface area contributed by atoms with E-state index in [9.17, 15) is 8.42 Å². The Kier molecular flexibility index (Phi) is 8.28.